The second-order valence-corrected chi connectivity index (χ2v) is 5.95. The molecule has 2 aromatic heterocycles. The topological polar surface area (TPSA) is 54.0 Å². The number of hydrogen-bond acceptors (Lipinski definition) is 4. The van der Waals surface area contributed by atoms with E-state index in [1.54, 1.807) is 11.3 Å². The van der Waals surface area contributed by atoms with E-state index in [4.69, 9.17) is 0 Å². The number of aromatic nitrogens is 1. The molecule has 0 saturated carbocycles. The lowest BCUT2D eigenvalue weighted by molar-refractivity contribution is -0.119. The summed E-state index contributed by atoms with van der Waals surface area (Å²) < 4.78 is 1.22. The van der Waals surface area contributed by atoms with Crippen LogP contribution in [-0.4, -0.2) is 23.5 Å². The number of rotatable bonds is 4. The van der Waals surface area contributed by atoms with Gasteiger partial charge in [0, 0.05) is 31.2 Å². The third-order valence-electron chi connectivity index (χ3n) is 3.58. The SMILES string of the molecule is CC(NCC1CCC(=O)N1)c1cnc2ccsc2c1. The lowest BCUT2D eigenvalue weighted by Crippen LogP contribution is -2.36. The fraction of sp³-hybridized carbons (Fsp3) is 0.429. The Kier molecular flexibility index (Phi) is 3.48. The molecule has 2 atom stereocenters. The number of nitrogens with zero attached hydrogens (tertiary/aromatic N) is 1. The lowest BCUT2D eigenvalue weighted by atomic mass is 10.1. The Morgan fingerprint density at radius 3 is 3.32 bits per heavy atom. The maximum atomic E-state index is 11.1. The summed E-state index contributed by atoms with van der Waals surface area (Å²) in [6, 6.07) is 4.75. The maximum absolute atomic E-state index is 11.1. The molecule has 1 amide bonds. The van der Waals surface area contributed by atoms with E-state index in [-0.39, 0.29) is 18.0 Å². The molecule has 3 heterocycles. The summed E-state index contributed by atoms with van der Waals surface area (Å²) in [6.45, 7) is 2.95. The molecule has 0 aliphatic carbocycles. The van der Waals surface area contributed by atoms with Crippen LogP contribution in [-0.2, 0) is 4.79 Å². The maximum Gasteiger partial charge on any atom is 0.220 e. The van der Waals surface area contributed by atoms with Crippen LogP contribution in [0.25, 0.3) is 10.2 Å². The van der Waals surface area contributed by atoms with E-state index in [1.807, 2.05) is 12.3 Å². The molecule has 1 fully saturated rings. The largest absolute Gasteiger partial charge is 0.352 e. The van der Waals surface area contributed by atoms with Crippen molar-refractivity contribution in [2.24, 2.45) is 0 Å². The smallest absolute Gasteiger partial charge is 0.220 e. The van der Waals surface area contributed by atoms with Gasteiger partial charge >= 0.3 is 0 Å². The summed E-state index contributed by atoms with van der Waals surface area (Å²) in [5.74, 6) is 0.168. The summed E-state index contributed by atoms with van der Waals surface area (Å²) in [5.41, 5.74) is 2.25. The van der Waals surface area contributed by atoms with E-state index in [1.165, 1.54) is 10.3 Å². The second kappa shape index (κ2) is 5.27. The molecular formula is C14H17N3OS. The second-order valence-electron chi connectivity index (χ2n) is 5.01. The van der Waals surface area contributed by atoms with Gasteiger partial charge < -0.3 is 10.6 Å². The van der Waals surface area contributed by atoms with Crippen LogP contribution in [0.4, 0.5) is 0 Å². The van der Waals surface area contributed by atoms with Crippen molar-refractivity contribution in [2.45, 2.75) is 31.8 Å². The van der Waals surface area contributed by atoms with E-state index in [2.05, 4.69) is 34.0 Å². The molecule has 1 aliphatic rings. The van der Waals surface area contributed by atoms with E-state index in [0.717, 1.165) is 18.5 Å². The van der Waals surface area contributed by atoms with Crippen LogP contribution in [0.3, 0.4) is 0 Å². The van der Waals surface area contributed by atoms with Gasteiger partial charge in [0.15, 0.2) is 0 Å². The minimum atomic E-state index is 0.168. The third-order valence-corrected chi connectivity index (χ3v) is 4.43. The van der Waals surface area contributed by atoms with Crippen LogP contribution in [0, 0.1) is 0 Å². The molecule has 1 aliphatic heterocycles. The van der Waals surface area contributed by atoms with Crippen LogP contribution in [0.2, 0.25) is 0 Å². The predicted molar refractivity (Wildman–Crippen MR) is 77.2 cm³/mol. The molecule has 2 aromatic rings. The standard InChI is InChI=1S/C14H17N3OS/c1-9(15-8-11-2-3-14(18)17-11)10-6-13-12(16-7-10)4-5-19-13/h4-7,9,11,15H,2-3,8H2,1H3,(H,17,18). The normalized spacial score (nSPS) is 20.7. The van der Waals surface area contributed by atoms with Crippen molar-refractivity contribution in [3.05, 3.63) is 29.3 Å². The molecule has 4 nitrogen and oxygen atoms in total. The first-order chi connectivity index (χ1) is 9.22. The summed E-state index contributed by atoms with van der Waals surface area (Å²) >= 11 is 1.72. The highest BCUT2D eigenvalue weighted by Gasteiger charge is 2.20. The number of hydrogen-bond donors (Lipinski definition) is 2. The van der Waals surface area contributed by atoms with E-state index >= 15 is 0 Å². The van der Waals surface area contributed by atoms with Gasteiger partial charge in [0.05, 0.1) is 10.2 Å². The van der Waals surface area contributed by atoms with Crippen LogP contribution in [0.15, 0.2) is 23.7 Å². The van der Waals surface area contributed by atoms with Gasteiger partial charge in [0.25, 0.3) is 0 Å². The average molecular weight is 275 g/mol. The molecule has 0 spiro atoms. The van der Waals surface area contributed by atoms with Crippen molar-refractivity contribution < 1.29 is 4.79 Å². The summed E-state index contributed by atoms with van der Waals surface area (Å²) in [6.07, 6.45) is 3.52. The van der Waals surface area contributed by atoms with Gasteiger partial charge in [-0.1, -0.05) is 0 Å². The third kappa shape index (κ3) is 2.77. The monoisotopic (exact) mass is 275 g/mol. The van der Waals surface area contributed by atoms with E-state index in [0.29, 0.717) is 6.42 Å². The fourth-order valence-electron chi connectivity index (χ4n) is 2.37. The fourth-order valence-corrected chi connectivity index (χ4v) is 3.15. The Hall–Kier alpha value is -1.46. The Morgan fingerprint density at radius 1 is 1.63 bits per heavy atom. The number of nitrogens with one attached hydrogen (secondary N) is 2. The zero-order chi connectivity index (χ0) is 13.2. The van der Waals surface area contributed by atoms with Crippen molar-refractivity contribution >= 4 is 27.5 Å². The van der Waals surface area contributed by atoms with Crippen LogP contribution in [0.5, 0.6) is 0 Å². The highest BCUT2D eigenvalue weighted by atomic mass is 32.1. The van der Waals surface area contributed by atoms with Crippen molar-refractivity contribution in [1.82, 2.24) is 15.6 Å². The highest BCUT2D eigenvalue weighted by molar-refractivity contribution is 7.17. The minimum Gasteiger partial charge on any atom is -0.352 e. The molecule has 0 aromatic carbocycles. The average Bonchev–Trinajstić information content (AvgIpc) is 3.03. The van der Waals surface area contributed by atoms with Gasteiger partial charge in [0.2, 0.25) is 5.91 Å². The quantitative estimate of drug-likeness (QED) is 0.899. The van der Waals surface area contributed by atoms with Gasteiger partial charge in [-0.2, -0.15) is 0 Å². The number of amides is 1. The van der Waals surface area contributed by atoms with Gasteiger partial charge in [-0.05, 0) is 36.4 Å². The lowest BCUT2D eigenvalue weighted by Gasteiger charge is -2.17. The summed E-state index contributed by atoms with van der Waals surface area (Å²) in [4.78, 5) is 15.6. The first kappa shape index (κ1) is 12.6. The Balaban J connectivity index is 1.62. The highest BCUT2D eigenvalue weighted by Crippen LogP contribution is 2.22. The molecule has 0 bridgehead atoms. The first-order valence-corrected chi connectivity index (χ1v) is 7.46. The van der Waals surface area contributed by atoms with Crippen molar-refractivity contribution in [2.75, 3.05) is 6.54 Å². The van der Waals surface area contributed by atoms with Crippen LogP contribution < -0.4 is 10.6 Å². The van der Waals surface area contributed by atoms with Crippen molar-refractivity contribution in [1.29, 1.82) is 0 Å². The minimum absolute atomic E-state index is 0.168. The van der Waals surface area contributed by atoms with E-state index in [9.17, 15) is 4.79 Å². The van der Waals surface area contributed by atoms with Gasteiger partial charge in [-0.3, -0.25) is 9.78 Å². The molecule has 100 valence electrons. The van der Waals surface area contributed by atoms with Crippen LogP contribution >= 0.6 is 11.3 Å². The number of thiophene rings is 1. The Bertz CT molecular complexity index is 595. The zero-order valence-corrected chi connectivity index (χ0v) is 11.7. The van der Waals surface area contributed by atoms with Crippen molar-refractivity contribution in [3.8, 4) is 0 Å². The molecular weight excluding hydrogens is 258 g/mol. The molecule has 19 heavy (non-hydrogen) atoms. The summed E-state index contributed by atoms with van der Waals surface area (Å²) in [7, 11) is 0. The number of carbonyl (C=O) groups is 1. The number of pyridine rings is 1. The number of carbonyl (C=O) groups excluding carboxylic acids is 1. The Morgan fingerprint density at radius 2 is 2.53 bits per heavy atom. The van der Waals surface area contributed by atoms with E-state index < -0.39 is 0 Å². The molecule has 0 radical (unpaired) electrons. The van der Waals surface area contributed by atoms with Gasteiger partial charge in [0.1, 0.15) is 0 Å². The molecule has 2 unspecified atom stereocenters. The van der Waals surface area contributed by atoms with Gasteiger partial charge in [-0.25, -0.2) is 0 Å². The molecule has 5 heteroatoms. The molecule has 2 N–H and O–H groups in total. The zero-order valence-electron chi connectivity index (χ0n) is 10.8. The van der Waals surface area contributed by atoms with Gasteiger partial charge in [-0.15, -0.1) is 11.3 Å². The first-order valence-electron chi connectivity index (χ1n) is 6.58. The predicted octanol–water partition coefficient (Wildman–Crippen LogP) is 2.23. The molecule has 1 saturated heterocycles. The van der Waals surface area contributed by atoms with Crippen LogP contribution in [0.1, 0.15) is 31.4 Å². The Labute approximate surface area is 116 Å². The molecule has 3 rings (SSSR count). The summed E-state index contributed by atoms with van der Waals surface area (Å²) in [5, 5.41) is 8.50. The van der Waals surface area contributed by atoms with Crippen molar-refractivity contribution in [3.63, 3.8) is 0 Å². The number of fused-ring (bicyclic) bond motifs is 1.